The lowest BCUT2D eigenvalue weighted by molar-refractivity contribution is 0.0697. The monoisotopic (exact) mass is 481 g/mol. The number of halogens is 2. The molecule has 0 aliphatic heterocycles. The van der Waals surface area contributed by atoms with E-state index in [4.69, 9.17) is 16.3 Å². The zero-order valence-corrected chi connectivity index (χ0v) is 20.5. The maximum absolute atomic E-state index is 13.2. The minimum Gasteiger partial charge on any atom is -0.488 e. The van der Waals surface area contributed by atoms with Gasteiger partial charge in [-0.1, -0.05) is 55.8 Å². The number of rotatable bonds is 8. The molecule has 0 heterocycles. The largest absolute Gasteiger partial charge is 0.488 e. The highest BCUT2D eigenvalue weighted by atomic mass is 35.5. The van der Waals surface area contributed by atoms with Crippen LogP contribution in [0.2, 0.25) is 5.02 Å². The first-order valence-corrected chi connectivity index (χ1v) is 11.3. The van der Waals surface area contributed by atoms with Crippen molar-refractivity contribution in [1.29, 1.82) is 0 Å². The number of nitrogens with zero attached hydrogens (tertiary/aromatic N) is 1. The molecule has 0 radical (unpaired) electrons. The highest BCUT2D eigenvalue weighted by molar-refractivity contribution is 6.30. The summed E-state index contributed by atoms with van der Waals surface area (Å²) in [5.41, 5.74) is 3.22. The number of allylic oxidation sites excluding steroid dienone is 3. The third kappa shape index (κ3) is 7.22. The van der Waals surface area contributed by atoms with Gasteiger partial charge in [0.1, 0.15) is 18.2 Å². The molecule has 178 valence electrons. The van der Waals surface area contributed by atoms with Crippen molar-refractivity contribution in [3.05, 3.63) is 112 Å². The number of carboxylic acid groups (broad SMARTS) is 1. The summed E-state index contributed by atoms with van der Waals surface area (Å²) in [6.07, 6.45) is 5.69. The molecular formula is C28H29ClFNO3. The number of hydrogen-bond acceptors (Lipinski definition) is 3. The molecule has 0 saturated carbocycles. The van der Waals surface area contributed by atoms with Crippen LogP contribution in [0.4, 0.5) is 10.1 Å². The molecule has 1 N–H and O–H groups in total. The lowest BCUT2D eigenvalue weighted by atomic mass is 10.1. The molecule has 0 amide bonds. The van der Waals surface area contributed by atoms with Crippen molar-refractivity contribution in [2.75, 3.05) is 11.9 Å². The van der Waals surface area contributed by atoms with Crippen LogP contribution in [-0.4, -0.2) is 18.1 Å². The molecule has 0 aliphatic carbocycles. The summed E-state index contributed by atoms with van der Waals surface area (Å²) < 4.78 is 19.3. The topological polar surface area (TPSA) is 49.8 Å². The number of ether oxygens (including phenoxy) is 1. The van der Waals surface area contributed by atoms with Gasteiger partial charge in [-0.05, 0) is 67.1 Å². The Morgan fingerprint density at radius 1 is 1.09 bits per heavy atom. The number of anilines is 1. The minimum absolute atomic E-state index is 0.193. The Labute approximate surface area is 205 Å². The van der Waals surface area contributed by atoms with Crippen LogP contribution in [0, 0.1) is 5.82 Å². The van der Waals surface area contributed by atoms with Crippen molar-refractivity contribution in [2.45, 2.75) is 27.4 Å². The summed E-state index contributed by atoms with van der Waals surface area (Å²) in [5.74, 6) is -0.705. The van der Waals surface area contributed by atoms with E-state index < -0.39 is 5.97 Å². The molecule has 34 heavy (non-hydrogen) atoms. The maximum Gasteiger partial charge on any atom is 0.335 e. The normalized spacial score (nSPS) is 11.1. The number of hydrogen-bond donors (Lipinski definition) is 1. The Bertz CT molecular complexity index is 1160. The molecule has 0 bridgehead atoms. The van der Waals surface area contributed by atoms with Crippen LogP contribution in [0.15, 0.2) is 85.0 Å². The lowest BCUT2D eigenvalue weighted by Gasteiger charge is -2.25. The first kappa shape index (κ1) is 26.7. The standard InChI is InChI=1S/C26H23ClFNO3.C2H6/c1-3-4-8-24(29(2)22-7-5-6-19(15-22)26(30)31)23-16-20(27)11-14-25(23)32-17-18-9-12-21(28)13-10-18;1-2/h3-16H,17H2,1-2H3,(H,30,31);1-2H3/b4-3+,24-8-;. The summed E-state index contributed by atoms with van der Waals surface area (Å²) in [4.78, 5) is 13.3. The van der Waals surface area contributed by atoms with Gasteiger partial charge in [0.25, 0.3) is 0 Å². The van der Waals surface area contributed by atoms with E-state index in [0.29, 0.717) is 16.5 Å². The van der Waals surface area contributed by atoms with Gasteiger partial charge in [-0.3, -0.25) is 0 Å². The average Bonchev–Trinajstić information content (AvgIpc) is 2.86. The van der Waals surface area contributed by atoms with Crippen molar-refractivity contribution >= 4 is 29.0 Å². The van der Waals surface area contributed by atoms with E-state index in [-0.39, 0.29) is 18.0 Å². The van der Waals surface area contributed by atoms with E-state index in [9.17, 15) is 14.3 Å². The molecule has 0 atom stereocenters. The van der Waals surface area contributed by atoms with E-state index >= 15 is 0 Å². The van der Waals surface area contributed by atoms with Crippen molar-refractivity contribution in [1.82, 2.24) is 0 Å². The molecule has 0 unspecified atom stereocenters. The Morgan fingerprint density at radius 2 is 1.79 bits per heavy atom. The Kier molecular flexibility index (Phi) is 10.4. The lowest BCUT2D eigenvalue weighted by Crippen LogP contribution is -2.17. The van der Waals surface area contributed by atoms with Crippen molar-refractivity contribution in [3.63, 3.8) is 0 Å². The first-order valence-electron chi connectivity index (χ1n) is 11.0. The predicted molar refractivity (Wildman–Crippen MR) is 138 cm³/mol. The van der Waals surface area contributed by atoms with E-state index in [0.717, 1.165) is 16.8 Å². The maximum atomic E-state index is 13.2. The highest BCUT2D eigenvalue weighted by Gasteiger charge is 2.16. The molecular weight excluding hydrogens is 453 g/mol. The first-order chi connectivity index (χ1) is 16.4. The van der Waals surface area contributed by atoms with Gasteiger partial charge in [0.05, 0.1) is 11.3 Å². The zero-order chi connectivity index (χ0) is 25.1. The number of carbonyl (C=O) groups is 1. The predicted octanol–water partition coefficient (Wildman–Crippen LogP) is 7.84. The molecule has 4 nitrogen and oxygen atoms in total. The second kappa shape index (κ2) is 13.2. The van der Waals surface area contributed by atoms with Crippen LogP contribution in [-0.2, 0) is 6.61 Å². The van der Waals surface area contributed by atoms with Crippen molar-refractivity contribution in [3.8, 4) is 5.75 Å². The van der Waals surface area contributed by atoms with Gasteiger partial charge in [0, 0.05) is 23.3 Å². The Morgan fingerprint density at radius 3 is 2.44 bits per heavy atom. The van der Waals surface area contributed by atoms with Crippen LogP contribution in [0.5, 0.6) is 5.75 Å². The molecule has 0 aliphatic rings. The van der Waals surface area contributed by atoms with E-state index in [2.05, 4.69) is 0 Å². The smallest absolute Gasteiger partial charge is 0.335 e. The van der Waals surface area contributed by atoms with Crippen LogP contribution >= 0.6 is 11.6 Å². The molecule has 3 aromatic rings. The SMILES string of the molecule is C/C=C/C=C(/c1cc(Cl)ccc1OCc1ccc(F)cc1)N(C)c1cccc(C(=O)O)c1.CC. The molecule has 6 heteroatoms. The van der Waals surface area contributed by atoms with E-state index in [1.165, 1.54) is 12.1 Å². The van der Waals surface area contributed by atoms with Gasteiger partial charge in [-0.2, -0.15) is 0 Å². The molecule has 0 saturated heterocycles. The minimum atomic E-state index is -0.995. The van der Waals surface area contributed by atoms with Gasteiger partial charge in [0.15, 0.2) is 0 Å². The third-order valence-corrected chi connectivity index (χ3v) is 5.05. The molecule has 3 rings (SSSR count). The van der Waals surface area contributed by atoms with Gasteiger partial charge >= 0.3 is 5.97 Å². The average molecular weight is 482 g/mol. The van der Waals surface area contributed by atoms with Gasteiger partial charge < -0.3 is 14.7 Å². The van der Waals surface area contributed by atoms with Crippen LogP contribution < -0.4 is 9.64 Å². The van der Waals surface area contributed by atoms with E-state index in [1.54, 1.807) is 48.5 Å². The molecule has 0 spiro atoms. The zero-order valence-electron chi connectivity index (χ0n) is 19.8. The summed E-state index contributed by atoms with van der Waals surface area (Å²) in [6, 6.07) is 18.1. The molecule has 0 aromatic heterocycles. The van der Waals surface area contributed by atoms with E-state index in [1.807, 2.05) is 57.0 Å². The summed E-state index contributed by atoms with van der Waals surface area (Å²) in [5, 5.41) is 9.89. The van der Waals surface area contributed by atoms with Gasteiger partial charge in [-0.25, -0.2) is 9.18 Å². The summed E-state index contributed by atoms with van der Waals surface area (Å²) in [7, 11) is 1.85. The Balaban J connectivity index is 0.00000199. The number of carboxylic acids is 1. The van der Waals surface area contributed by atoms with Crippen molar-refractivity contribution < 1.29 is 19.0 Å². The van der Waals surface area contributed by atoms with Gasteiger partial charge in [0.2, 0.25) is 0 Å². The second-order valence-electron chi connectivity index (χ2n) is 7.05. The third-order valence-electron chi connectivity index (χ3n) is 4.81. The fraction of sp³-hybridized carbons (Fsp3) is 0.179. The van der Waals surface area contributed by atoms with Crippen molar-refractivity contribution in [2.24, 2.45) is 0 Å². The fourth-order valence-electron chi connectivity index (χ4n) is 3.13. The highest BCUT2D eigenvalue weighted by Crippen LogP contribution is 2.34. The molecule has 0 fully saturated rings. The Hall–Kier alpha value is -3.57. The van der Waals surface area contributed by atoms with Gasteiger partial charge in [-0.15, -0.1) is 0 Å². The quantitative estimate of drug-likeness (QED) is 0.333. The van der Waals surface area contributed by atoms with Crippen LogP contribution in [0.3, 0.4) is 0 Å². The second-order valence-corrected chi connectivity index (χ2v) is 7.48. The number of aromatic carboxylic acids is 1. The summed E-state index contributed by atoms with van der Waals surface area (Å²) >= 11 is 6.31. The van der Waals surface area contributed by atoms with Crippen LogP contribution in [0.25, 0.3) is 5.70 Å². The summed E-state index contributed by atoms with van der Waals surface area (Å²) in [6.45, 7) is 6.16. The van der Waals surface area contributed by atoms with Crippen LogP contribution in [0.1, 0.15) is 42.3 Å². The fourth-order valence-corrected chi connectivity index (χ4v) is 3.30. The number of benzene rings is 3. The molecule has 3 aromatic carbocycles.